The topological polar surface area (TPSA) is 203 Å². The first-order valence-electron chi connectivity index (χ1n) is 24.2. The highest BCUT2D eigenvalue weighted by molar-refractivity contribution is 6.31. The average molecular weight is 1040 g/mol. The monoisotopic (exact) mass is 1030 g/mol. The first-order chi connectivity index (χ1) is 35.6. The fourth-order valence-corrected chi connectivity index (χ4v) is 13.5. The van der Waals surface area contributed by atoms with E-state index in [0.717, 1.165) is 0 Å². The number of aromatic nitrogens is 2. The van der Waals surface area contributed by atoms with Crippen LogP contribution in [0.5, 0.6) is 5.88 Å². The lowest BCUT2D eigenvalue weighted by molar-refractivity contribution is -0.136. The van der Waals surface area contributed by atoms with Crippen LogP contribution in [0.4, 0.5) is 11.4 Å². The van der Waals surface area contributed by atoms with Crippen molar-refractivity contribution in [3.8, 4) is 18.0 Å². The van der Waals surface area contributed by atoms with E-state index >= 15 is 0 Å². The van der Waals surface area contributed by atoms with Gasteiger partial charge < -0.3 is 28.3 Å². The fraction of sp³-hybridized carbons (Fsp3) is 0.357. The van der Waals surface area contributed by atoms with Crippen LogP contribution in [0.1, 0.15) is 50.7 Å². The minimum atomic E-state index is -0.997. The Bertz CT molecular complexity index is 3510. The molecule has 4 amide bonds. The maximum atomic E-state index is 14.1. The van der Waals surface area contributed by atoms with Crippen molar-refractivity contribution >= 4 is 79.8 Å². The van der Waals surface area contributed by atoms with Crippen LogP contribution >= 0.6 is 23.2 Å². The van der Waals surface area contributed by atoms with E-state index in [1.54, 1.807) is 56.8 Å². The Hall–Kier alpha value is -7.02. The molecule has 4 bridgehead atoms. The summed E-state index contributed by atoms with van der Waals surface area (Å²) in [7, 11) is 3.18. The van der Waals surface area contributed by atoms with Gasteiger partial charge in [-0.3, -0.25) is 24.0 Å². The number of pyridine rings is 2. The van der Waals surface area contributed by atoms with Crippen LogP contribution < -0.4 is 20.1 Å². The summed E-state index contributed by atoms with van der Waals surface area (Å²) in [5.74, 6) is -3.68. The van der Waals surface area contributed by atoms with Crippen molar-refractivity contribution in [1.82, 2.24) is 9.55 Å². The summed E-state index contributed by atoms with van der Waals surface area (Å²) >= 11 is 12.0. The number of rotatable bonds is 11. The molecule has 12 rings (SSSR count). The quantitative estimate of drug-likeness (QED) is 0.113. The average Bonchev–Trinajstić information content (AvgIpc) is 4.20. The lowest BCUT2D eigenvalue weighted by Gasteiger charge is -2.35. The third kappa shape index (κ3) is 7.29. The number of methoxy groups -OCH3 is 2. The summed E-state index contributed by atoms with van der Waals surface area (Å²) < 4.78 is 32.0. The second-order valence-electron chi connectivity index (χ2n) is 20.1. The molecule has 6 aromatic rings. The van der Waals surface area contributed by atoms with Gasteiger partial charge in [0.25, 0.3) is 5.56 Å². The molecule has 16 nitrogen and oxygen atoms in total. The van der Waals surface area contributed by atoms with Gasteiger partial charge in [0.05, 0.1) is 98.4 Å². The zero-order valence-corrected chi connectivity index (χ0v) is 42.1. The van der Waals surface area contributed by atoms with Crippen molar-refractivity contribution in [2.75, 3.05) is 30.6 Å². The first-order valence-corrected chi connectivity index (χ1v) is 25.0. The molecule has 10 atom stereocenters. The highest BCUT2D eigenvalue weighted by Gasteiger charge is 2.78. The van der Waals surface area contributed by atoms with E-state index in [1.165, 1.54) is 32.7 Å². The van der Waals surface area contributed by atoms with Gasteiger partial charge in [0.1, 0.15) is 11.2 Å². The van der Waals surface area contributed by atoms with E-state index in [0.29, 0.717) is 85.7 Å². The van der Waals surface area contributed by atoms with Crippen molar-refractivity contribution in [2.24, 2.45) is 23.7 Å². The number of fused-ring (bicyclic) bond motifs is 12. The van der Waals surface area contributed by atoms with Gasteiger partial charge >= 0.3 is 0 Å². The summed E-state index contributed by atoms with van der Waals surface area (Å²) in [4.78, 5) is 75.2. The molecule has 0 saturated carbocycles. The molecule has 6 saturated heterocycles. The maximum Gasteiger partial charge on any atom is 0.250 e. The number of carbonyl (C=O) groups is 4. The predicted molar refractivity (Wildman–Crippen MR) is 271 cm³/mol. The van der Waals surface area contributed by atoms with Gasteiger partial charge in [-0.25, -0.2) is 14.8 Å². The Balaban J connectivity index is 0.000000159. The van der Waals surface area contributed by atoms with Crippen molar-refractivity contribution < 1.29 is 42.9 Å². The molecule has 6 aliphatic rings. The summed E-state index contributed by atoms with van der Waals surface area (Å²) in [6.07, 6.45) is 3.95. The molecule has 0 aliphatic carbocycles. The molecule has 0 radical (unpaired) electrons. The van der Waals surface area contributed by atoms with Crippen LogP contribution in [0.2, 0.25) is 10.0 Å². The van der Waals surface area contributed by atoms with Gasteiger partial charge in [0, 0.05) is 86.1 Å². The summed E-state index contributed by atoms with van der Waals surface area (Å²) in [5, 5.41) is 22.8. The SMILES string of the molecule is CO[C@H]1CC2(CCOc3ccc(Cl)cn3)OC1(C)[C@@H]1C(=O)N(c3ccc(C#N)c4ccccc34)C(=O)[C@@H]12.CO[C@H]1CC2(CCn3cc(Cl)ccc3=O)OC1(C)[C@@H]1C(=O)N(c3ccc(C#N)c4ccccc34)C(=O)[C@@H]12. The van der Waals surface area contributed by atoms with E-state index in [4.69, 9.17) is 46.9 Å². The lowest BCUT2D eigenvalue weighted by Crippen LogP contribution is -2.50. The van der Waals surface area contributed by atoms with Gasteiger partial charge in [-0.15, -0.1) is 0 Å². The van der Waals surface area contributed by atoms with Crippen LogP contribution in [0.3, 0.4) is 0 Å². The molecule has 376 valence electrons. The molecular formula is C56H48Cl2N6O10. The van der Waals surface area contributed by atoms with Crippen molar-refractivity contribution in [3.63, 3.8) is 0 Å². The molecule has 0 spiro atoms. The Kier molecular flexibility index (Phi) is 12.1. The van der Waals surface area contributed by atoms with Gasteiger partial charge in [-0.05, 0) is 56.7 Å². The van der Waals surface area contributed by atoms with Crippen LogP contribution in [-0.4, -0.2) is 88.6 Å². The number of carbonyl (C=O) groups excluding carboxylic acids is 4. The highest BCUT2D eigenvalue weighted by Crippen LogP contribution is 2.65. The predicted octanol–water partition coefficient (Wildman–Crippen LogP) is 7.95. The molecule has 6 fully saturated rings. The smallest absolute Gasteiger partial charge is 0.250 e. The number of hydrogen-bond acceptors (Lipinski definition) is 13. The molecule has 8 heterocycles. The summed E-state index contributed by atoms with van der Waals surface area (Å²) in [6.45, 7) is 4.22. The summed E-state index contributed by atoms with van der Waals surface area (Å²) in [6, 6.07) is 31.9. The second-order valence-corrected chi connectivity index (χ2v) is 21.0. The van der Waals surface area contributed by atoms with Crippen molar-refractivity contribution in [2.45, 2.75) is 80.7 Å². The number of hydrogen-bond donors (Lipinski definition) is 0. The Morgan fingerprint density at radius 2 is 1.09 bits per heavy atom. The fourth-order valence-electron chi connectivity index (χ4n) is 13.2. The molecule has 4 aromatic carbocycles. The van der Waals surface area contributed by atoms with Crippen LogP contribution in [0.25, 0.3) is 21.5 Å². The minimum absolute atomic E-state index is 0.209. The molecule has 4 unspecified atom stereocenters. The maximum absolute atomic E-state index is 14.1. The van der Waals surface area contributed by atoms with Crippen LogP contribution in [0, 0.1) is 46.3 Å². The van der Waals surface area contributed by atoms with E-state index < -0.39 is 46.1 Å². The normalized spacial score (nSPS) is 30.2. The number of amides is 4. The summed E-state index contributed by atoms with van der Waals surface area (Å²) in [5.41, 5.74) is -2.18. The number of ether oxygens (including phenoxy) is 5. The minimum Gasteiger partial charge on any atom is -0.478 e. The van der Waals surface area contributed by atoms with Crippen molar-refractivity contribution in [3.05, 3.63) is 141 Å². The van der Waals surface area contributed by atoms with Gasteiger partial charge in [-0.2, -0.15) is 10.5 Å². The van der Waals surface area contributed by atoms with Gasteiger partial charge in [-0.1, -0.05) is 71.7 Å². The Morgan fingerprint density at radius 1 is 0.622 bits per heavy atom. The number of nitriles is 2. The Labute approximate surface area is 434 Å². The number of aryl methyl sites for hydroxylation is 1. The third-order valence-electron chi connectivity index (χ3n) is 16.5. The second kappa shape index (κ2) is 18.1. The molecule has 0 N–H and O–H groups in total. The van der Waals surface area contributed by atoms with E-state index in [9.17, 15) is 34.5 Å². The number of imide groups is 2. The van der Waals surface area contributed by atoms with E-state index in [1.807, 2.05) is 62.4 Å². The lowest BCUT2D eigenvalue weighted by atomic mass is 9.66. The Morgan fingerprint density at radius 3 is 1.57 bits per heavy atom. The highest BCUT2D eigenvalue weighted by atomic mass is 35.5. The third-order valence-corrected chi connectivity index (χ3v) is 16.9. The van der Waals surface area contributed by atoms with Crippen molar-refractivity contribution in [1.29, 1.82) is 10.5 Å². The van der Waals surface area contributed by atoms with E-state index in [2.05, 4.69) is 17.1 Å². The van der Waals surface area contributed by atoms with Crippen LogP contribution in [-0.2, 0) is 44.7 Å². The molecular weight excluding hydrogens is 988 g/mol. The zero-order chi connectivity index (χ0) is 52.1. The first kappa shape index (κ1) is 49.2. The molecule has 74 heavy (non-hydrogen) atoms. The van der Waals surface area contributed by atoms with Gasteiger partial charge in [0.2, 0.25) is 29.5 Å². The number of halogens is 2. The standard InChI is InChI=1S/2C28H24ClN3O5/c1-27-21(35-2)13-28(37-27,11-12-36-22-10-8-17(29)15-31-22)24-23(27)25(33)32(26(24)34)20-9-7-16(14-30)18-5-3-4-6-19(18)20;1-27-21(36-2)13-28(37-27,11-12-31-15-17(29)8-10-22(31)33)24-23(27)25(34)32(26(24)35)20-9-7-16(14-30)18-5-3-4-6-19(18)20/h2*3-10,15,21,23-24H,11-13H2,1-2H3/t2*21-,23-,24+,27?,28?/m00/s1. The van der Waals surface area contributed by atoms with E-state index in [-0.39, 0.29) is 54.5 Å². The number of anilines is 2. The van der Waals surface area contributed by atoms with Crippen LogP contribution in [0.15, 0.2) is 114 Å². The largest absolute Gasteiger partial charge is 0.478 e. The molecule has 6 aliphatic heterocycles. The number of benzene rings is 4. The molecule has 18 heteroatoms. The van der Waals surface area contributed by atoms with Gasteiger partial charge in [0.15, 0.2) is 0 Å². The number of nitrogens with zero attached hydrogens (tertiary/aromatic N) is 6. The zero-order valence-electron chi connectivity index (χ0n) is 40.6. The molecule has 2 aromatic heterocycles.